The molecule has 2 aliphatic carbocycles. The van der Waals surface area contributed by atoms with Crippen molar-refractivity contribution in [3.8, 4) is 0 Å². The molecule has 0 bridgehead atoms. The number of nitrogens with one attached hydrogen (secondary N) is 1. The Morgan fingerprint density at radius 2 is 1.95 bits per heavy atom. The van der Waals surface area contributed by atoms with Crippen LogP contribution in [0.5, 0.6) is 0 Å². The molecule has 3 aliphatic rings. The van der Waals surface area contributed by atoms with Crippen molar-refractivity contribution >= 4 is 5.82 Å². The van der Waals surface area contributed by atoms with E-state index in [0.717, 1.165) is 37.2 Å². The maximum absolute atomic E-state index is 4.38. The second-order valence-corrected chi connectivity index (χ2v) is 6.40. The maximum atomic E-state index is 4.38. The highest BCUT2D eigenvalue weighted by Crippen LogP contribution is 2.29. The van der Waals surface area contributed by atoms with Crippen molar-refractivity contribution < 1.29 is 0 Å². The molecule has 2 fully saturated rings. The summed E-state index contributed by atoms with van der Waals surface area (Å²) in [6, 6.07) is 2.27. The third kappa shape index (κ3) is 2.46. The van der Waals surface area contributed by atoms with Gasteiger partial charge in [-0.2, -0.15) is 5.10 Å². The van der Waals surface area contributed by atoms with Crippen molar-refractivity contribution in [1.29, 1.82) is 0 Å². The summed E-state index contributed by atoms with van der Waals surface area (Å²) >= 11 is 0. The zero-order valence-electron chi connectivity index (χ0n) is 11.4. The Morgan fingerprint density at radius 3 is 2.79 bits per heavy atom. The molecule has 0 radical (unpaired) electrons. The molecule has 0 aromatic carbocycles. The molecule has 19 heavy (non-hydrogen) atoms. The molecule has 4 heteroatoms. The molecule has 1 saturated carbocycles. The minimum Gasteiger partial charge on any atom is -0.354 e. The Morgan fingerprint density at radius 1 is 1.11 bits per heavy atom. The fourth-order valence-electron chi connectivity index (χ4n) is 3.17. The Balaban J connectivity index is 1.28. The number of nitrogens with zero attached hydrogens (tertiary/aromatic N) is 3. The molecule has 1 N–H and O–H groups in total. The first kappa shape index (κ1) is 11.6. The van der Waals surface area contributed by atoms with E-state index >= 15 is 0 Å². The lowest BCUT2D eigenvalue weighted by atomic mass is 10.00. The lowest BCUT2D eigenvalue weighted by Gasteiger charge is -2.40. The van der Waals surface area contributed by atoms with Gasteiger partial charge in [0.2, 0.25) is 0 Å². The van der Waals surface area contributed by atoms with Crippen molar-refractivity contribution in [3.05, 3.63) is 17.3 Å². The molecule has 1 aromatic rings. The van der Waals surface area contributed by atoms with E-state index in [4.69, 9.17) is 0 Å². The molecular weight excluding hydrogens is 236 g/mol. The summed E-state index contributed by atoms with van der Waals surface area (Å²) in [7, 11) is 0. The molecule has 4 nitrogen and oxygen atoms in total. The molecule has 102 valence electrons. The predicted molar refractivity (Wildman–Crippen MR) is 75.4 cm³/mol. The maximum Gasteiger partial charge on any atom is 0.151 e. The fraction of sp³-hybridized carbons (Fsp3) is 0.733. The number of hydrogen-bond acceptors (Lipinski definition) is 4. The Labute approximate surface area is 114 Å². The van der Waals surface area contributed by atoms with Crippen LogP contribution in [0.15, 0.2) is 6.07 Å². The van der Waals surface area contributed by atoms with Gasteiger partial charge < -0.3 is 10.2 Å². The Bertz CT molecular complexity index is 463. The number of aryl methyl sites for hydroxylation is 2. The normalized spacial score (nSPS) is 22.4. The van der Waals surface area contributed by atoms with Crippen LogP contribution in [0, 0.1) is 11.8 Å². The van der Waals surface area contributed by atoms with E-state index in [9.17, 15) is 0 Å². The van der Waals surface area contributed by atoms with Crippen LogP contribution in [0.2, 0.25) is 0 Å². The van der Waals surface area contributed by atoms with Gasteiger partial charge in [0.05, 0.1) is 5.69 Å². The van der Waals surface area contributed by atoms with Crippen LogP contribution in [-0.4, -0.2) is 36.4 Å². The molecule has 0 unspecified atom stereocenters. The minimum atomic E-state index is 0.800. The topological polar surface area (TPSA) is 41.0 Å². The van der Waals surface area contributed by atoms with Gasteiger partial charge in [0.1, 0.15) is 0 Å². The van der Waals surface area contributed by atoms with Crippen molar-refractivity contribution in [2.75, 3.05) is 31.1 Å². The number of aromatic nitrogens is 2. The van der Waals surface area contributed by atoms with Gasteiger partial charge in [-0.25, -0.2) is 0 Å². The zero-order valence-corrected chi connectivity index (χ0v) is 11.4. The third-order valence-electron chi connectivity index (χ3n) is 4.65. The van der Waals surface area contributed by atoms with Gasteiger partial charge in [0.25, 0.3) is 0 Å². The van der Waals surface area contributed by atoms with Crippen molar-refractivity contribution in [1.82, 2.24) is 15.5 Å². The lowest BCUT2D eigenvalue weighted by molar-refractivity contribution is 0.379. The molecule has 0 amide bonds. The second kappa shape index (κ2) is 4.75. The van der Waals surface area contributed by atoms with Gasteiger partial charge in [-0.05, 0) is 56.2 Å². The number of fused-ring (bicyclic) bond motifs is 1. The summed E-state index contributed by atoms with van der Waals surface area (Å²) in [6.07, 6.45) is 6.44. The summed E-state index contributed by atoms with van der Waals surface area (Å²) in [5.41, 5.74) is 2.66. The summed E-state index contributed by atoms with van der Waals surface area (Å²) in [6.45, 7) is 4.69. The first-order chi connectivity index (χ1) is 9.38. The molecule has 0 spiro atoms. The predicted octanol–water partition coefficient (Wildman–Crippen LogP) is 1.40. The molecular formula is C15H22N4. The smallest absolute Gasteiger partial charge is 0.151 e. The van der Waals surface area contributed by atoms with Crippen molar-refractivity contribution in [3.63, 3.8) is 0 Å². The van der Waals surface area contributed by atoms with Gasteiger partial charge in [-0.15, -0.1) is 5.10 Å². The average Bonchev–Trinajstić information content (AvgIpc) is 3.07. The average molecular weight is 258 g/mol. The van der Waals surface area contributed by atoms with Crippen LogP contribution in [-0.2, 0) is 12.8 Å². The first-order valence-electron chi connectivity index (χ1n) is 7.69. The van der Waals surface area contributed by atoms with E-state index in [2.05, 4.69) is 26.5 Å². The lowest BCUT2D eigenvalue weighted by Crippen LogP contribution is -2.51. The van der Waals surface area contributed by atoms with E-state index in [1.165, 1.54) is 50.0 Å². The van der Waals surface area contributed by atoms with E-state index in [1.54, 1.807) is 0 Å². The van der Waals surface area contributed by atoms with Gasteiger partial charge in [0.15, 0.2) is 5.82 Å². The SMILES string of the molecule is c1c(N2CC(CNCC3CC3)C2)nnc2c1CCC2. The van der Waals surface area contributed by atoms with Crippen LogP contribution >= 0.6 is 0 Å². The minimum absolute atomic E-state index is 0.800. The van der Waals surface area contributed by atoms with Gasteiger partial charge in [-0.1, -0.05) is 0 Å². The van der Waals surface area contributed by atoms with E-state index in [-0.39, 0.29) is 0 Å². The van der Waals surface area contributed by atoms with Gasteiger partial charge in [-0.3, -0.25) is 0 Å². The van der Waals surface area contributed by atoms with Crippen LogP contribution in [0.4, 0.5) is 5.82 Å². The summed E-state index contributed by atoms with van der Waals surface area (Å²) in [5, 5.41) is 12.4. The van der Waals surface area contributed by atoms with Crippen LogP contribution in [0.1, 0.15) is 30.5 Å². The van der Waals surface area contributed by atoms with E-state index in [1.807, 2.05) is 0 Å². The van der Waals surface area contributed by atoms with Crippen LogP contribution in [0.3, 0.4) is 0 Å². The van der Waals surface area contributed by atoms with E-state index < -0.39 is 0 Å². The highest BCUT2D eigenvalue weighted by atomic mass is 15.3. The van der Waals surface area contributed by atoms with Gasteiger partial charge >= 0.3 is 0 Å². The Kier molecular flexibility index (Phi) is 2.91. The van der Waals surface area contributed by atoms with Crippen LogP contribution < -0.4 is 10.2 Å². The monoisotopic (exact) mass is 258 g/mol. The molecule has 0 atom stereocenters. The molecule has 1 saturated heterocycles. The van der Waals surface area contributed by atoms with Gasteiger partial charge in [0, 0.05) is 25.6 Å². The first-order valence-corrected chi connectivity index (χ1v) is 7.69. The quantitative estimate of drug-likeness (QED) is 0.867. The Hall–Kier alpha value is -1.16. The molecule has 2 heterocycles. The highest BCUT2D eigenvalue weighted by Gasteiger charge is 2.29. The standard InChI is InChI=1S/C15H22N4/c1-2-13-6-15(18-17-14(13)3-1)19-9-12(10-19)8-16-7-11-4-5-11/h6,11-12,16H,1-5,7-10H2. The second-order valence-electron chi connectivity index (χ2n) is 6.40. The molecule has 1 aliphatic heterocycles. The highest BCUT2D eigenvalue weighted by molar-refractivity contribution is 5.45. The largest absolute Gasteiger partial charge is 0.354 e. The summed E-state index contributed by atoms with van der Waals surface area (Å²) < 4.78 is 0. The van der Waals surface area contributed by atoms with Crippen molar-refractivity contribution in [2.24, 2.45) is 11.8 Å². The zero-order chi connectivity index (χ0) is 12.7. The number of hydrogen-bond donors (Lipinski definition) is 1. The number of rotatable bonds is 5. The third-order valence-corrected chi connectivity index (χ3v) is 4.65. The molecule has 1 aromatic heterocycles. The summed E-state index contributed by atoms with van der Waals surface area (Å²) in [5.74, 6) is 2.88. The van der Waals surface area contributed by atoms with Crippen LogP contribution in [0.25, 0.3) is 0 Å². The molecule has 4 rings (SSSR count). The van der Waals surface area contributed by atoms with E-state index in [0.29, 0.717) is 0 Å². The van der Waals surface area contributed by atoms with Crippen molar-refractivity contribution in [2.45, 2.75) is 32.1 Å². The fourth-order valence-corrected chi connectivity index (χ4v) is 3.17. The number of anilines is 1. The summed E-state index contributed by atoms with van der Waals surface area (Å²) in [4.78, 5) is 2.37.